The van der Waals surface area contributed by atoms with Crippen LogP contribution in [0.3, 0.4) is 0 Å². The maximum atomic E-state index is 5.39. The number of hydrogen-bond acceptors (Lipinski definition) is 3. The zero-order chi connectivity index (χ0) is 10.2. The van der Waals surface area contributed by atoms with Crippen LogP contribution in [0.5, 0.6) is 0 Å². The first-order valence-electron chi connectivity index (χ1n) is 5.20. The van der Waals surface area contributed by atoms with E-state index in [1.54, 1.807) is 0 Å². The Bertz CT molecular complexity index is 182. The highest BCUT2D eigenvalue weighted by molar-refractivity contribution is 4.84. The van der Waals surface area contributed by atoms with Crippen molar-refractivity contribution in [1.29, 1.82) is 0 Å². The number of terminal acetylenes is 1. The second kappa shape index (κ2) is 6.83. The summed E-state index contributed by atoms with van der Waals surface area (Å²) in [4.78, 5) is 0. The second-order valence-corrected chi connectivity index (χ2v) is 3.49. The SMILES string of the molecule is C#CCCCC(CC1OCCO1)NC. The average Bonchev–Trinajstić information content (AvgIpc) is 2.69. The summed E-state index contributed by atoms with van der Waals surface area (Å²) in [7, 11) is 1.97. The van der Waals surface area contributed by atoms with E-state index in [0.717, 1.165) is 38.9 Å². The molecule has 1 N–H and O–H groups in total. The largest absolute Gasteiger partial charge is 0.350 e. The van der Waals surface area contributed by atoms with Crippen LogP contribution in [-0.4, -0.2) is 32.6 Å². The molecule has 0 aromatic rings. The summed E-state index contributed by atoms with van der Waals surface area (Å²) in [6.07, 6.45) is 9.11. The van der Waals surface area contributed by atoms with Crippen LogP contribution in [0.1, 0.15) is 25.7 Å². The maximum absolute atomic E-state index is 5.39. The lowest BCUT2D eigenvalue weighted by atomic mass is 10.1. The van der Waals surface area contributed by atoms with E-state index in [2.05, 4.69) is 11.2 Å². The molecule has 0 aromatic carbocycles. The van der Waals surface area contributed by atoms with Gasteiger partial charge in [0.25, 0.3) is 0 Å². The maximum Gasteiger partial charge on any atom is 0.159 e. The smallest absolute Gasteiger partial charge is 0.159 e. The number of hydrogen-bond donors (Lipinski definition) is 1. The summed E-state index contributed by atoms with van der Waals surface area (Å²) in [6, 6.07) is 0.450. The van der Waals surface area contributed by atoms with Gasteiger partial charge in [-0.1, -0.05) is 0 Å². The van der Waals surface area contributed by atoms with E-state index in [-0.39, 0.29) is 6.29 Å². The molecule has 1 heterocycles. The Morgan fingerprint density at radius 2 is 2.21 bits per heavy atom. The van der Waals surface area contributed by atoms with Gasteiger partial charge in [-0.05, 0) is 19.9 Å². The van der Waals surface area contributed by atoms with E-state index in [0.29, 0.717) is 6.04 Å². The first-order valence-corrected chi connectivity index (χ1v) is 5.20. The molecule has 1 fully saturated rings. The number of rotatable bonds is 6. The van der Waals surface area contributed by atoms with Crippen LogP contribution in [-0.2, 0) is 9.47 Å². The zero-order valence-corrected chi connectivity index (χ0v) is 8.79. The van der Waals surface area contributed by atoms with Crippen molar-refractivity contribution < 1.29 is 9.47 Å². The fourth-order valence-electron chi connectivity index (χ4n) is 1.61. The van der Waals surface area contributed by atoms with Crippen LogP contribution in [0.15, 0.2) is 0 Å². The van der Waals surface area contributed by atoms with Gasteiger partial charge in [-0.2, -0.15) is 0 Å². The minimum atomic E-state index is -0.0155. The lowest BCUT2D eigenvalue weighted by molar-refractivity contribution is -0.0528. The molecule has 0 bridgehead atoms. The molecular weight excluding hydrogens is 178 g/mol. The predicted octanol–water partition coefficient (Wildman–Crippen LogP) is 1.14. The van der Waals surface area contributed by atoms with Gasteiger partial charge in [0, 0.05) is 18.9 Å². The molecule has 1 rings (SSSR count). The molecule has 0 amide bonds. The summed E-state index contributed by atoms with van der Waals surface area (Å²) in [5.74, 6) is 2.65. The van der Waals surface area contributed by atoms with Gasteiger partial charge < -0.3 is 14.8 Å². The Labute approximate surface area is 86.2 Å². The van der Waals surface area contributed by atoms with Crippen molar-refractivity contribution in [3.05, 3.63) is 0 Å². The fraction of sp³-hybridized carbons (Fsp3) is 0.818. The Morgan fingerprint density at radius 1 is 1.50 bits per heavy atom. The Morgan fingerprint density at radius 3 is 2.79 bits per heavy atom. The van der Waals surface area contributed by atoms with Gasteiger partial charge in [-0.3, -0.25) is 0 Å². The molecule has 1 aliphatic heterocycles. The van der Waals surface area contributed by atoms with Crippen molar-refractivity contribution in [3.63, 3.8) is 0 Å². The van der Waals surface area contributed by atoms with E-state index < -0.39 is 0 Å². The van der Waals surface area contributed by atoms with Crippen molar-refractivity contribution in [1.82, 2.24) is 5.32 Å². The third kappa shape index (κ3) is 4.10. The molecule has 0 spiro atoms. The minimum Gasteiger partial charge on any atom is -0.350 e. The van der Waals surface area contributed by atoms with Gasteiger partial charge in [0.2, 0.25) is 0 Å². The lowest BCUT2D eigenvalue weighted by Gasteiger charge is -2.18. The number of nitrogens with one attached hydrogen (secondary N) is 1. The highest BCUT2D eigenvalue weighted by Crippen LogP contribution is 2.13. The van der Waals surface area contributed by atoms with Crippen LogP contribution < -0.4 is 5.32 Å². The molecule has 1 aliphatic rings. The minimum absolute atomic E-state index is 0.0155. The van der Waals surface area contributed by atoms with Gasteiger partial charge in [-0.15, -0.1) is 12.3 Å². The zero-order valence-electron chi connectivity index (χ0n) is 8.79. The molecule has 3 heteroatoms. The second-order valence-electron chi connectivity index (χ2n) is 3.49. The van der Waals surface area contributed by atoms with Crippen LogP contribution in [0.2, 0.25) is 0 Å². The molecule has 3 nitrogen and oxygen atoms in total. The van der Waals surface area contributed by atoms with Gasteiger partial charge in [0.1, 0.15) is 0 Å². The Balaban J connectivity index is 2.13. The molecule has 0 aromatic heterocycles. The fourth-order valence-corrected chi connectivity index (χ4v) is 1.61. The third-order valence-corrected chi connectivity index (χ3v) is 2.45. The average molecular weight is 197 g/mol. The van der Waals surface area contributed by atoms with E-state index in [1.165, 1.54) is 0 Å². The van der Waals surface area contributed by atoms with Gasteiger partial charge in [0.15, 0.2) is 6.29 Å². The summed E-state index contributed by atoms with van der Waals surface area (Å²) in [5.41, 5.74) is 0. The summed E-state index contributed by atoms with van der Waals surface area (Å²) < 4.78 is 10.8. The van der Waals surface area contributed by atoms with Crippen molar-refractivity contribution in [2.45, 2.75) is 38.0 Å². The number of unbranched alkanes of at least 4 members (excludes halogenated alkanes) is 1. The van der Waals surface area contributed by atoms with E-state index in [4.69, 9.17) is 15.9 Å². The van der Waals surface area contributed by atoms with Crippen molar-refractivity contribution in [2.75, 3.05) is 20.3 Å². The molecule has 1 saturated heterocycles. The van der Waals surface area contributed by atoms with Gasteiger partial charge >= 0.3 is 0 Å². The summed E-state index contributed by atoms with van der Waals surface area (Å²) in [5, 5.41) is 3.26. The first-order chi connectivity index (χ1) is 6.86. The highest BCUT2D eigenvalue weighted by Gasteiger charge is 2.19. The van der Waals surface area contributed by atoms with E-state index in [9.17, 15) is 0 Å². The molecule has 0 radical (unpaired) electrons. The molecule has 0 aliphatic carbocycles. The van der Waals surface area contributed by atoms with Crippen molar-refractivity contribution in [3.8, 4) is 12.3 Å². The number of ether oxygens (including phenoxy) is 2. The van der Waals surface area contributed by atoms with Crippen molar-refractivity contribution in [2.24, 2.45) is 0 Å². The summed E-state index contributed by atoms with van der Waals surface area (Å²) >= 11 is 0. The van der Waals surface area contributed by atoms with E-state index >= 15 is 0 Å². The monoisotopic (exact) mass is 197 g/mol. The molecule has 1 atom stereocenters. The van der Waals surface area contributed by atoms with E-state index in [1.807, 2.05) is 7.05 Å². The lowest BCUT2D eigenvalue weighted by Crippen LogP contribution is -2.30. The summed E-state index contributed by atoms with van der Waals surface area (Å²) in [6.45, 7) is 1.46. The van der Waals surface area contributed by atoms with Gasteiger partial charge in [-0.25, -0.2) is 0 Å². The quantitative estimate of drug-likeness (QED) is 0.511. The molecule has 1 unspecified atom stereocenters. The Kier molecular flexibility index (Phi) is 5.62. The van der Waals surface area contributed by atoms with Crippen LogP contribution in [0.25, 0.3) is 0 Å². The van der Waals surface area contributed by atoms with Crippen LogP contribution in [0, 0.1) is 12.3 Å². The Hall–Kier alpha value is -0.560. The standard InChI is InChI=1S/C11H19NO2/c1-3-4-5-6-10(12-2)9-11-13-7-8-14-11/h1,10-12H,4-9H2,2H3. The molecule has 14 heavy (non-hydrogen) atoms. The van der Waals surface area contributed by atoms with Crippen LogP contribution >= 0.6 is 0 Å². The first kappa shape index (κ1) is 11.5. The van der Waals surface area contributed by atoms with Crippen LogP contribution in [0.4, 0.5) is 0 Å². The molecule has 80 valence electrons. The molecular formula is C11H19NO2. The predicted molar refractivity (Wildman–Crippen MR) is 55.8 cm³/mol. The highest BCUT2D eigenvalue weighted by atomic mass is 16.7. The topological polar surface area (TPSA) is 30.5 Å². The van der Waals surface area contributed by atoms with Gasteiger partial charge in [0.05, 0.1) is 13.2 Å². The molecule has 0 saturated carbocycles. The van der Waals surface area contributed by atoms with Crippen molar-refractivity contribution >= 4 is 0 Å². The normalized spacial score (nSPS) is 19.4. The third-order valence-electron chi connectivity index (χ3n) is 2.45.